The zero-order valence-corrected chi connectivity index (χ0v) is 12.8. The van der Waals surface area contributed by atoms with Crippen LogP contribution in [-0.2, 0) is 10.2 Å². The Hall–Kier alpha value is -1.02. The zero-order chi connectivity index (χ0) is 15.3. The molecule has 1 aromatic carbocycles. The second-order valence-electron chi connectivity index (χ2n) is 4.62. The van der Waals surface area contributed by atoms with Crippen molar-refractivity contribution in [2.24, 2.45) is 0 Å². The minimum atomic E-state index is -3.69. The van der Waals surface area contributed by atoms with Gasteiger partial charge in [-0.2, -0.15) is 17.0 Å². The van der Waals surface area contributed by atoms with E-state index in [9.17, 15) is 12.8 Å². The summed E-state index contributed by atoms with van der Waals surface area (Å²) in [5, 5.41) is 8.76. The van der Waals surface area contributed by atoms with Crippen molar-refractivity contribution in [2.75, 3.05) is 27.2 Å². The Morgan fingerprint density at radius 2 is 1.90 bits per heavy atom. The smallest absolute Gasteiger partial charge is 0.282 e. The number of nitrogens with zero attached hydrogens (tertiary/aromatic N) is 2. The van der Waals surface area contributed by atoms with Crippen LogP contribution < -0.4 is 0 Å². The molecular formula is C13H21FN2O3S. The molecule has 20 heavy (non-hydrogen) atoms. The Labute approximate surface area is 119 Å². The van der Waals surface area contributed by atoms with Gasteiger partial charge in [0.1, 0.15) is 5.82 Å². The molecule has 114 valence electrons. The second-order valence-corrected chi connectivity index (χ2v) is 6.72. The van der Waals surface area contributed by atoms with Crippen LogP contribution in [0.1, 0.15) is 24.9 Å². The Morgan fingerprint density at radius 1 is 1.30 bits per heavy atom. The third-order valence-corrected chi connectivity index (χ3v) is 5.30. The average Bonchev–Trinajstić information content (AvgIpc) is 2.43. The van der Waals surface area contributed by atoms with E-state index in [-0.39, 0.29) is 13.2 Å². The van der Waals surface area contributed by atoms with Gasteiger partial charge in [-0.05, 0) is 19.4 Å². The summed E-state index contributed by atoms with van der Waals surface area (Å²) in [4.78, 5) is 0. The number of hydrogen-bond donors (Lipinski definition) is 1. The van der Waals surface area contributed by atoms with Crippen LogP contribution in [0.2, 0.25) is 0 Å². The van der Waals surface area contributed by atoms with Crippen LogP contribution >= 0.6 is 0 Å². The fourth-order valence-corrected chi connectivity index (χ4v) is 3.15. The lowest BCUT2D eigenvalue weighted by Crippen LogP contribution is -2.41. The molecule has 5 nitrogen and oxygen atoms in total. The standard InChI is InChI=1S/C13H21FN2O3S/c1-11(12-7-4-5-8-13(12)14)16(3)20(18,19)15(2)9-6-10-17/h4-5,7-8,11,17H,6,9-10H2,1-3H3. The van der Waals surface area contributed by atoms with Crippen molar-refractivity contribution in [3.63, 3.8) is 0 Å². The van der Waals surface area contributed by atoms with E-state index in [2.05, 4.69) is 0 Å². The molecule has 7 heteroatoms. The molecule has 1 unspecified atom stereocenters. The van der Waals surface area contributed by atoms with E-state index < -0.39 is 22.1 Å². The van der Waals surface area contributed by atoms with Crippen LogP contribution in [-0.4, -0.2) is 49.4 Å². The number of aliphatic hydroxyl groups is 1. The number of hydrogen-bond acceptors (Lipinski definition) is 3. The summed E-state index contributed by atoms with van der Waals surface area (Å²) < 4.78 is 40.6. The molecule has 0 aliphatic carbocycles. The van der Waals surface area contributed by atoms with Crippen molar-refractivity contribution in [1.29, 1.82) is 0 Å². The molecule has 1 atom stereocenters. The largest absolute Gasteiger partial charge is 0.396 e. The first-order chi connectivity index (χ1) is 9.32. The summed E-state index contributed by atoms with van der Waals surface area (Å²) >= 11 is 0. The van der Waals surface area contributed by atoms with Crippen molar-refractivity contribution >= 4 is 10.2 Å². The molecule has 0 aliphatic heterocycles. The zero-order valence-electron chi connectivity index (χ0n) is 12.0. The maximum absolute atomic E-state index is 13.7. The number of halogens is 1. The van der Waals surface area contributed by atoms with Crippen LogP contribution in [0.25, 0.3) is 0 Å². The number of rotatable bonds is 7. The van der Waals surface area contributed by atoms with Gasteiger partial charge in [0.2, 0.25) is 0 Å². The van der Waals surface area contributed by atoms with Crippen molar-refractivity contribution in [3.8, 4) is 0 Å². The van der Waals surface area contributed by atoms with Crippen molar-refractivity contribution in [3.05, 3.63) is 35.6 Å². The average molecular weight is 304 g/mol. The molecule has 0 bridgehead atoms. The highest BCUT2D eigenvalue weighted by Crippen LogP contribution is 2.24. The first-order valence-electron chi connectivity index (χ1n) is 6.37. The summed E-state index contributed by atoms with van der Waals surface area (Å²) in [6.07, 6.45) is 0.359. The summed E-state index contributed by atoms with van der Waals surface area (Å²) in [5.74, 6) is -0.430. The highest BCUT2D eigenvalue weighted by Gasteiger charge is 2.29. The molecular weight excluding hydrogens is 283 g/mol. The normalized spacial score (nSPS) is 13.9. The number of aliphatic hydroxyl groups excluding tert-OH is 1. The van der Waals surface area contributed by atoms with E-state index in [1.165, 1.54) is 20.2 Å². The molecule has 1 rings (SSSR count). The number of benzene rings is 1. The first kappa shape index (κ1) is 17.0. The van der Waals surface area contributed by atoms with Gasteiger partial charge in [0.05, 0.1) is 6.04 Å². The maximum Gasteiger partial charge on any atom is 0.282 e. The van der Waals surface area contributed by atoms with E-state index >= 15 is 0 Å². The summed E-state index contributed by atoms with van der Waals surface area (Å²) in [5.41, 5.74) is 0.328. The summed E-state index contributed by atoms with van der Waals surface area (Å²) in [7, 11) is -0.828. The van der Waals surface area contributed by atoms with Gasteiger partial charge in [0, 0.05) is 32.8 Å². The van der Waals surface area contributed by atoms with Crippen molar-refractivity contribution in [2.45, 2.75) is 19.4 Å². The van der Waals surface area contributed by atoms with Crippen LogP contribution in [0.3, 0.4) is 0 Å². The van der Waals surface area contributed by atoms with Gasteiger partial charge in [-0.15, -0.1) is 0 Å². The van der Waals surface area contributed by atoms with Gasteiger partial charge < -0.3 is 5.11 Å². The fraction of sp³-hybridized carbons (Fsp3) is 0.538. The molecule has 0 amide bonds. The van der Waals surface area contributed by atoms with Gasteiger partial charge in [-0.1, -0.05) is 18.2 Å². The SMILES string of the molecule is CC(c1ccccc1F)N(C)S(=O)(=O)N(C)CCCO. The molecule has 0 saturated carbocycles. The Balaban J connectivity index is 2.93. The summed E-state index contributed by atoms with van der Waals surface area (Å²) in [6, 6.07) is 5.50. The van der Waals surface area contributed by atoms with Crippen LogP contribution in [0, 0.1) is 5.82 Å². The molecule has 0 fully saturated rings. The highest BCUT2D eigenvalue weighted by atomic mass is 32.2. The third-order valence-electron chi connectivity index (χ3n) is 3.29. The third kappa shape index (κ3) is 3.76. The van der Waals surface area contributed by atoms with E-state index in [4.69, 9.17) is 5.11 Å². The highest BCUT2D eigenvalue weighted by molar-refractivity contribution is 7.86. The maximum atomic E-state index is 13.7. The van der Waals surface area contributed by atoms with Crippen molar-refractivity contribution in [1.82, 2.24) is 8.61 Å². The lowest BCUT2D eigenvalue weighted by atomic mass is 10.1. The molecule has 1 aromatic rings. The minimum Gasteiger partial charge on any atom is -0.396 e. The lowest BCUT2D eigenvalue weighted by Gasteiger charge is -2.29. The van der Waals surface area contributed by atoms with Gasteiger partial charge in [0.25, 0.3) is 10.2 Å². The topological polar surface area (TPSA) is 60.9 Å². The lowest BCUT2D eigenvalue weighted by molar-refractivity contribution is 0.270. The van der Waals surface area contributed by atoms with E-state index in [0.717, 1.165) is 8.61 Å². The van der Waals surface area contributed by atoms with Gasteiger partial charge in [-0.3, -0.25) is 0 Å². The molecule has 0 saturated heterocycles. The Bertz CT molecular complexity index is 536. The molecule has 1 N–H and O–H groups in total. The molecule has 0 heterocycles. The first-order valence-corrected chi connectivity index (χ1v) is 7.76. The second kappa shape index (κ2) is 7.12. The fourth-order valence-electron chi connectivity index (χ4n) is 1.84. The monoisotopic (exact) mass is 304 g/mol. The van der Waals surface area contributed by atoms with Crippen LogP contribution in [0.4, 0.5) is 4.39 Å². The molecule has 0 aliphatic rings. The van der Waals surface area contributed by atoms with Crippen LogP contribution in [0.15, 0.2) is 24.3 Å². The summed E-state index contributed by atoms with van der Waals surface area (Å²) in [6.45, 7) is 1.77. The van der Waals surface area contributed by atoms with Crippen LogP contribution in [0.5, 0.6) is 0 Å². The predicted octanol–water partition coefficient (Wildman–Crippen LogP) is 1.38. The van der Waals surface area contributed by atoms with Crippen molar-refractivity contribution < 1.29 is 17.9 Å². The molecule has 0 spiro atoms. The van der Waals surface area contributed by atoms with Gasteiger partial charge in [0.15, 0.2) is 0 Å². The van der Waals surface area contributed by atoms with E-state index in [1.54, 1.807) is 25.1 Å². The molecule has 0 aromatic heterocycles. The Kier molecular flexibility index (Phi) is 6.07. The van der Waals surface area contributed by atoms with E-state index in [1.807, 2.05) is 0 Å². The quantitative estimate of drug-likeness (QED) is 0.828. The van der Waals surface area contributed by atoms with Gasteiger partial charge in [-0.25, -0.2) is 4.39 Å². The minimum absolute atomic E-state index is 0.0769. The molecule has 0 radical (unpaired) electrons. The van der Waals surface area contributed by atoms with E-state index in [0.29, 0.717) is 12.0 Å². The Morgan fingerprint density at radius 3 is 2.45 bits per heavy atom. The predicted molar refractivity (Wildman–Crippen MR) is 75.8 cm³/mol. The van der Waals surface area contributed by atoms with Gasteiger partial charge >= 0.3 is 0 Å².